The molecule has 1 amide bonds. The molecule has 7 heteroatoms. The third-order valence-corrected chi connectivity index (χ3v) is 5.73. The summed E-state index contributed by atoms with van der Waals surface area (Å²) < 4.78 is 22.5. The van der Waals surface area contributed by atoms with Crippen molar-refractivity contribution in [3.8, 4) is 0 Å². The summed E-state index contributed by atoms with van der Waals surface area (Å²) in [7, 11) is -3.65. The molecule has 19 heavy (non-hydrogen) atoms. The van der Waals surface area contributed by atoms with E-state index in [0.29, 0.717) is 0 Å². The van der Waals surface area contributed by atoms with Gasteiger partial charge in [0.25, 0.3) is 0 Å². The Bertz CT molecular complexity index is 543. The number of hydrogen-bond acceptors (Lipinski definition) is 4. The number of carbonyl (C=O) groups is 1. The molecule has 0 radical (unpaired) electrons. The van der Waals surface area contributed by atoms with Gasteiger partial charge in [-0.2, -0.15) is 0 Å². The number of nitrogens with two attached hydrogens (primary N) is 1. The number of nitrogens with zero attached hydrogens (tertiary/aromatic N) is 1. The standard InChI is InChI=1S/C12H18N2O3S2/c13-19(16,17)12-6-5-10(18-12)9-11(15)14-7-3-1-2-4-8-14/h5-6H,1-4,7-9H2,(H2,13,16,17). The van der Waals surface area contributed by atoms with Crippen molar-refractivity contribution in [2.75, 3.05) is 13.1 Å². The molecule has 1 fully saturated rings. The molecular formula is C12H18N2O3S2. The Morgan fingerprint density at radius 2 is 1.84 bits per heavy atom. The highest BCUT2D eigenvalue weighted by Crippen LogP contribution is 2.21. The lowest BCUT2D eigenvalue weighted by atomic mass is 10.2. The second kappa shape index (κ2) is 6.02. The fourth-order valence-electron chi connectivity index (χ4n) is 2.19. The van der Waals surface area contributed by atoms with Gasteiger partial charge in [-0.25, -0.2) is 13.6 Å². The highest BCUT2D eigenvalue weighted by molar-refractivity contribution is 7.91. The van der Waals surface area contributed by atoms with E-state index in [2.05, 4.69) is 0 Å². The van der Waals surface area contributed by atoms with E-state index in [1.165, 1.54) is 18.9 Å². The highest BCUT2D eigenvalue weighted by Gasteiger charge is 2.18. The second-order valence-electron chi connectivity index (χ2n) is 4.74. The summed E-state index contributed by atoms with van der Waals surface area (Å²) in [6.45, 7) is 1.62. The van der Waals surface area contributed by atoms with E-state index in [1.54, 1.807) is 6.07 Å². The zero-order chi connectivity index (χ0) is 13.9. The molecule has 106 valence electrons. The summed E-state index contributed by atoms with van der Waals surface area (Å²) >= 11 is 1.08. The zero-order valence-electron chi connectivity index (χ0n) is 10.7. The number of rotatable bonds is 3. The molecule has 0 saturated carbocycles. The first-order valence-corrected chi connectivity index (χ1v) is 8.72. The van der Waals surface area contributed by atoms with E-state index < -0.39 is 10.0 Å². The number of primary sulfonamides is 1. The molecule has 1 aliphatic heterocycles. The number of likely N-dealkylation sites (tertiary alicyclic amines) is 1. The van der Waals surface area contributed by atoms with Crippen LogP contribution in [0.4, 0.5) is 0 Å². The van der Waals surface area contributed by atoms with Gasteiger partial charge >= 0.3 is 0 Å². The van der Waals surface area contributed by atoms with Crippen LogP contribution in [0, 0.1) is 0 Å². The van der Waals surface area contributed by atoms with Crippen molar-refractivity contribution in [1.29, 1.82) is 0 Å². The summed E-state index contributed by atoms with van der Waals surface area (Å²) in [6.07, 6.45) is 4.73. The molecule has 2 heterocycles. The third-order valence-electron chi connectivity index (χ3n) is 3.20. The fraction of sp³-hybridized carbons (Fsp3) is 0.583. The van der Waals surface area contributed by atoms with Gasteiger partial charge in [0.2, 0.25) is 15.9 Å². The van der Waals surface area contributed by atoms with Gasteiger partial charge in [-0.15, -0.1) is 11.3 Å². The van der Waals surface area contributed by atoms with E-state index in [1.807, 2.05) is 4.90 Å². The van der Waals surface area contributed by atoms with E-state index in [9.17, 15) is 13.2 Å². The molecule has 0 atom stereocenters. The van der Waals surface area contributed by atoms with Crippen molar-refractivity contribution in [1.82, 2.24) is 4.90 Å². The van der Waals surface area contributed by atoms with Crippen LogP contribution in [0.25, 0.3) is 0 Å². The molecule has 2 N–H and O–H groups in total. The molecule has 1 saturated heterocycles. The molecule has 0 aromatic carbocycles. The minimum atomic E-state index is -3.65. The Morgan fingerprint density at radius 1 is 1.21 bits per heavy atom. The second-order valence-corrected chi connectivity index (χ2v) is 7.69. The van der Waals surface area contributed by atoms with Crippen LogP contribution in [0.5, 0.6) is 0 Å². The van der Waals surface area contributed by atoms with Crippen molar-refractivity contribution >= 4 is 27.3 Å². The van der Waals surface area contributed by atoms with Gasteiger partial charge in [0.1, 0.15) is 4.21 Å². The Balaban J connectivity index is 2.00. The molecule has 1 aromatic heterocycles. The molecule has 5 nitrogen and oxygen atoms in total. The smallest absolute Gasteiger partial charge is 0.247 e. The lowest BCUT2D eigenvalue weighted by molar-refractivity contribution is -0.130. The average molecular weight is 302 g/mol. The average Bonchev–Trinajstić information content (AvgIpc) is 2.63. The fourth-order valence-corrected chi connectivity index (χ4v) is 3.96. The molecule has 1 aromatic rings. The Labute approximate surface area is 117 Å². The third kappa shape index (κ3) is 4.02. The van der Waals surface area contributed by atoms with Crippen molar-refractivity contribution in [2.24, 2.45) is 5.14 Å². The monoisotopic (exact) mass is 302 g/mol. The maximum absolute atomic E-state index is 12.1. The first-order valence-electron chi connectivity index (χ1n) is 6.36. The molecule has 1 aliphatic rings. The number of thiophene rings is 1. The van der Waals surface area contributed by atoms with Gasteiger partial charge in [-0.05, 0) is 25.0 Å². The van der Waals surface area contributed by atoms with Crippen LogP contribution in [0.1, 0.15) is 30.6 Å². The first-order chi connectivity index (χ1) is 8.97. The van der Waals surface area contributed by atoms with Crippen molar-refractivity contribution in [3.63, 3.8) is 0 Å². The summed E-state index contributed by atoms with van der Waals surface area (Å²) in [5, 5.41) is 5.05. The quantitative estimate of drug-likeness (QED) is 0.915. The van der Waals surface area contributed by atoms with Gasteiger partial charge in [0.05, 0.1) is 6.42 Å². The van der Waals surface area contributed by atoms with Gasteiger partial charge < -0.3 is 4.90 Å². The Kier molecular flexibility index (Phi) is 4.59. The predicted molar refractivity (Wildman–Crippen MR) is 74.4 cm³/mol. The lowest BCUT2D eigenvalue weighted by Gasteiger charge is -2.19. The SMILES string of the molecule is NS(=O)(=O)c1ccc(CC(=O)N2CCCCCC2)s1. The lowest BCUT2D eigenvalue weighted by Crippen LogP contribution is -2.32. The Morgan fingerprint density at radius 3 is 2.37 bits per heavy atom. The van der Waals surface area contributed by atoms with Crippen LogP contribution in [-0.2, 0) is 21.2 Å². The van der Waals surface area contributed by atoms with Gasteiger partial charge in [0.15, 0.2) is 0 Å². The van der Waals surface area contributed by atoms with Gasteiger partial charge in [0, 0.05) is 18.0 Å². The molecule has 0 unspecified atom stereocenters. The van der Waals surface area contributed by atoms with Gasteiger partial charge in [-0.3, -0.25) is 4.79 Å². The van der Waals surface area contributed by atoms with Crippen LogP contribution < -0.4 is 5.14 Å². The number of carbonyl (C=O) groups excluding carboxylic acids is 1. The van der Waals surface area contributed by atoms with Crippen LogP contribution >= 0.6 is 11.3 Å². The van der Waals surface area contributed by atoms with E-state index in [0.717, 1.165) is 42.1 Å². The molecule has 2 rings (SSSR count). The molecule has 0 spiro atoms. The topological polar surface area (TPSA) is 80.5 Å². The normalized spacial score (nSPS) is 17.2. The number of sulfonamides is 1. The summed E-state index contributed by atoms with van der Waals surface area (Å²) in [5.74, 6) is 0.0738. The van der Waals surface area contributed by atoms with Crippen molar-refractivity contribution in [3.05, 3.63) is 17.0 Å². The van der Waals surface area contributed by atoms with E-state index >= 15 is 0 Å². The molecule has 0 bridgehead atoms. The van der Waals surface area contributed by atoms with Crippen LogP contribution in [0.3, 0.4) is 0 Å². The summed E-state index contributed by atoms with van der Waals surface area (Å²) in [5.41, 5.74) is 0. The van der Waals surface area contributed by atoms with Crippen LogP contribution in [0.2, 0.25) is 0 Å². The van der Waals surface area contributed by atoms with E-state index in [4.69, 9.17) is 5.14 Å². The first kappa shape index (κ1) is 14.5. The molecule has 0 aliphatic carbocycles. The minimum absolute atomic E-state index is 0.0738. The largest absolute Gasteiger partial charge is 0.342 e. The Hall–Kier alpha value is -0.920. The summed E-state index contributed by atoms with van der Waals surface area (Å²) in [6, 6.07) is 3.13. The van der Waals surface area contributed by atoms with Crippen molar-refractivity contribution in [2.45, 2.75) is 36.3 Å². The van der Waals surface area contributed by atoms with Gasteiger partial charge in [-0.1, -0.05) is 12.8 Å². The van der Waals surface area contributed by atoms with E-state index in [-0.39, 0.29) is 16.5 Å². The maximum atomic E-state index is 12.1. The maximum Gasteiger partial charge on any atom is 0.247 e. The number of hydrogen-bond donors (Lipinski definition) is 1. The predicted octanol–water partition coefficient (Wildman–Crippen LogP) is 1.34. The van der Waals surface area contributed by atoms with Crippen LogP contribution in [-0.4, -0.2) is 32.3 Å². The highest BCUT2D eigenvalue weighted by atomic mass is 32.2. The van der Waals surface area contributed by atoms with Crippen LogP contribution in [0.15, 0.2) is 16.3 Å². The summed E-state index contributed by atoms with van der Waals surface area (Å²) in [4.78, 5) is 14.8. The number of amides is 1. The minimum Gasteiger partial charge on any atom is -0.342 e. The van der Waals surface area contributed by atoms with Crippen molar-refractivity contribution < 1.29 is 13.2 Å². The molecular weight excluding hydrogens is 284 g/mol. The zero-order valence-corrected chi connectivity index (χ0v) is 12.3.